The summed E-state index contributed by atoms with van der Waals surface area (Å²) in [5.74, 6) is 3.00. The molecule has 0 aromatic carbocycles. The molecule has 3 aliphatic rings. The Labute approximate surface area is 119 Å². The highest BCUT2D eigenvalue weighted by Crippen LogP contribution is 2.48. The van der Waals surface area contributed by atoms with E-state index in [0.717, 1.165) is 24.3 Å². The van der Waals surface area contributed by atoms with Crippen LogP contribution in [0.25, 0.3) is 0 Å². The Balaban J connectivity index is 1.33. The van der Waals surface area contributed by atoms with E-state index in [1.54, 1.807) is 32.0 Å². The summed E-state index contributed by atoms with van der Waals surface area (Å²) in [6.45, 7) is 1.12. The third-order valence-electron chi connectivity index (χ3n) is 5.91. The molecule has 0 aromatic heterocycles. The van der Waals surface area contributed by atoms with E-state index in [0.29, 0.717) is 0 Å². The van der Waals surface area contributed by atoms with Crippen molar-refractivity contribution in [2.24, 2.45) is 5.92 Å². The zero-order chi connectivity index (χ0) is 12.9. The molecule has 1 aliphatic carbocycles. The highest BCUT2D eigenvalue weighted by molar-refractivity contribution is 6.62. The summed E-state index contributed by atoms with van der Waals surface area (Å²) in [6, 6.07) is 0. The molecule has 0 amide bonds. The number of hydrogen-bond donors (Lipinski definition) is 0. The minimum atomic E-state index is 0.758. The van der Waals surface area contributed by atoms with Crippen molar-refractivity contribution in [1.82, 2.24) is 0 Å². The van der Waals surface area contributed by atoms with E-state index in [1.165, 1.54) is 38.5 Å². The van der Waals surface area contributed by atoms with E-state index in [-0.39, 0.29) is 0 Å². The quantitative estimate of drug-likeness (QED) is 0.410. The van der Waals surface area contributed by atoms with Crippen LogP contribution in [0.4, 0.5) is 0 Å². The predicted molar refractivity (Wildman–Crippen MR) is 86.0 cm³/mol. The maximum Gasteiger partial charge on any atom is 0.146 e. The highest BCUT2D eigenvalue weighted by atomic mass is 14.2. The fourth-order valence-corrected chi connectivity index (χ4v) is 4.89. The van der Waals surface area contributed by atoms with Gasteiger partial charge >= 0.3 is 0 Å². The lowest BCUT2D eigenvalue weighted by atomic mass is 9.26. The molecular formula is C18H29B. The summed E-state index contributed by atoms with van der Waals surface area (Å²) in [4.78, 5) is 0. The second-order valence-electron chi connectivity index (χ2n) is 7.12. The van der Waals surface area contributed by atoms with Crippen molar-refractivity contribution in [2.75, 3.05) is 0 Å². The van der Waals surface area contributed by atoms with Crippen LogP contribution in [0.3, 0.4) is 0 Å². The number of hydrogen-bond acceptors (Lipinski definition) is 0. The third kappa shape index (κ3) is 3.55. The smallest absolute Gasteiger partial charge is 0.0776 e. The lowest BCUT2D eigenvalue weighted by Crippen LogP contribution is -2.34. The minimum Gasteiger partial charge on any atom is -0.0776 e. The SMILES string of the molecule is C1=CC(CCCCCB2C3CCCC2CCC3)C=C1. The second kappa shape index (κ2) is 6.82. The average Bonchev–Trinajstić information content (AvgIpc) is 2.91. The monoisotopic (exact) mass is 256 g/mol. The molecule has 0 saturated carbocycles. The fourth-order valence-electron chi connectivity index (χ4n) is 4.89. The fraction of sp³-hybridized carbons (Fsp3) is 0.778. The molecule has 1 heteroatoms. The van der Waals surface area contributed by atoms with E-state index >= 15 is 0 Å². The van der Waals surface area contributed by atoms with Gasteiger partial charge in [-0.25, -0.2) is 0 Å². The van der Waals surface area contributed by atoms with Crippen molar-refractivity contribution in [3.63, 3.8) is 0 Å². The standard InChI is InChI=1S/C18H29B/c1(2-8-16-9-3-4-10-16)5-15-19-17-11-6-12-18(19)14-7-13-17/h3-4,9-10,16-18H,1-2,5-8,11-15H2. The lowest BCUT2D eigenvalue weighted by Gasteiger charge is -2.40. The molecular weight excluding hydrogens is 227 g/mol. The number of allylic oxidation sites excluding steroid dienone is 4. The van der Waals surface area contributed by atoms with E-state index in [4.69, 9.17) is 0 Å². The van der Waals surface area contributed by atoms with E-state index in [2.05, 4.69) is 24.3 Å². The maximum atomic E-state index is 2.35. The van der Waals surface area contributed by atoms with Crippen molar-refractivity contribution in [3.8, 4) is 0 Å². The van der Waals surface area contributed by atoms with E-state index in [9.17, 15) is 0 Å². The van der Waals surface area contributed by atoms with Gasteiger partial charge in [-0.2, -0.15) is 0 Å². The van der Waals surface area contributed by atoms with Gasteiger partial charge in [-0.05, 0) is 12.3 Å². The van der Waals surface area contributed by atoms with E-state index < -0.39 is 0 Å². The van der Waals surface area contributed by atoms with Gasteiger partial charge in [-0.3, -0.25) is 0 Å². The number of unbranched alkanes of at least 4 members (excludes halogenated alkanes) is 2. The first kappa shape index (κ1) is 13.5. The van der Waals surface area contributed by atoms with E-state index in [1.807, 2.05) is 0 Å². The van der Waals surface area contributed by atoms with Crippen LogP contribution in [0.1, 0.15) is 64.2 Å². The Morgan fingerprint density at radius 1 is 0.789 bits per heavy atom. The maximum absolute atomic E-state index is 2.35. The van der Waals surface area contributed by atoms with Gasteiger partial charge in [0.05, 0.1) is 0 Å². The van der Waals surface area contributed by atoms with Gasteiger partial charge < -0.3 is 0 Å². The first-order chi connectivity index (χ1) is 9.43. The van der Waals surface area contributed by atoms with Crippen LogP contribution in [0, 0.1) is 5.92 Å². The van der Waals surface area contributed by atoms with Crippen LogP contribution < -0.4 is 0 Å². The molecule has 2 heterocycles. The van der Waals surface area contributed by atoms with Crippen LogP contribution in [0.5, 0.6) is 0 Å². The van der Waals surface area contributed by atoms with Gasteiger partial charge in [0.15, 0.2) is 0 Å². The van der Waals surface area contributed by atoms with Gasteiger partial charge in [0, 0.05) is 0 Å². The molecule has 0 radical (unpaired) electrons. The van der Waals surface area contributed by atoms with Crippen LogP contribution in [-0.2, 0) is 0 Å². The van der Waals surface area contributed by atoms with Crippen LogP contribution >= 0.6 is 0 Å². The molecule has 0 spiro atoms. The Morgan fingerprint density at radius 2 is 1.42 bits per heavy atom. The lowest BCUT2D eigenvalue weighted by molar-refractivity contribution is 0.439. The molecule has 2 aliphatic heterocycles. The topological polar surface area (TPSA) is 0 Å². The van der Waals surface area contributed by atoms with Gasteiger partial charge in [0.25, 0.3) is 0 Å². The first-order valence-corrected chi connectivity index (χ1v) is 8.78. The van der Waals surface area contributed by atoms with Gasteiger partial charge in [0.2, 0.25) is 0 Å². The summed E-state index contributed by atoms with van der Waals surface area (Å²) in [6.07, 6.45) is 25.7. The zero-order valence-corrected chi connectivity index (χ0v) is 12.4. The minimum absolute atomic E-state index is 0.758. The van der Waals surface area contributed by atoms with Crippen molar-refractivity contribution in [3.05, 3.63) is 24.3 Å². The number of fused-ring (bicyclic) bond motifs is 2. The summed E-state index contributed by atoms with van der Waals surface area (Å²) < 4.78 is 0. The Morgan fingerprint density at radius 3 is 2.05 bits per heavy atom. The molecule has 2 bridgehead atoms. The van der Waals surface area contributed by atoms with Crippen molar-refractivity contribution >= 4 is 6.71 Å². The summed E-state index contributed by atoms with van der Waals surface area (Å²) in [7, 11) is 0. The molecule has 104 valence electrons. The Kier molecular flexibility index (Phi) is 4.85. The van der Waals surface area contributed by atoms with Crippen LogP contribution in [0.15, 0.2) is 24.3 Å². The Hall–Kier alpha value is -0.455. The molecule has 0 unspecified atom stereocenters. The van der Waals surface area contributed by atoms with Gasteiger partial charge in [-0.1, -0.05) is 100 Å². The largest absolute Gasteiger partial charge is 0.146 e. The first-order valence-electron chi connectivity index (χ1n) is 8.78. The Bertz CT molecular complexity index is 297. The average molecular weight is 256 g/mol. The summed E-state index contributed by atoms with van der Waals surface area (Å²) in [5, 5.41) is 0. The van der Waals surface area contributed by atoms with Crippen molar-refractivity contribution in [2.45, 2.75) is 82.2 Å². The predicted octanol–water partition coefficient (Wildman–Crippen LogP) is 5.89. The number of rotatable bonds is 6. The van der Waals surface area contributed by atoms with Crippen LogP contribution in [-0.4, -0.2) is 6.71 Å². The molecule has 0 atom stereocenters. The summed E-state index contributed by atoms with van der Waals surface area (Å²) in [5.41, 5.74) is 0. The van der Waals surface area contributed by atoms with Gasteiger partial charge in [-0.15, -0.1) is 0 Å². The molecule has 19 heavy (non-hydrogen) atoms. The second-order valence-corrected chi connectivity index (χ2v) is 7.12. The molecule has 0 N–H and O–H groups in total. The van der Waals surface area contributed by atoms with Crippen molar-refractivity contribution < 1.29 is 0 Å². The van der Waals surface area contributed by atoms with Crippen LogP contribution in [0.2, 0.25) is 18.0 Å². The molecule has 2 fully saturated rings. The van der Waals surface area contributed by atoms with Crippen molar-refractivity contribution in [1.29, 1.82) is 0 Å². The zero-order valence-electron chi connectivity index (χ0n) is 12.4. The highest BCUT2D eigenvalue weighted by Gasteiger charge is 2.37. The van der Waals surface area contributed by atoms with Gasteiger partial charge in [0.1, 0.15) is 6.71 Å². The summed E-state index contributed by atoms with van der Waals surface area (Å²) >= 11 is 0. The molecule has 0 nitrogen and oxygen atoms in total. The third-order valence-corrected chi connectivity index (χ3v) is 5.91. The molecule has 0 aromatic rings. The molecule has 2 saturated heterocycles. The normalized spacial score (nSPS) is 30.2. The molecule has 3 rings (SSSR count).